The van der Waals surface area contributed by atoms with Gasteiger partial charge in [-0.3, -0.25) is 4.79 Å². The average molecular weight is 459 g/mol. The first-order chi connectivity index (χ1) is 14.7. The Morgan fingerprint density at radius 2 is 1.55 bits per heavy atom. The average Bonchev–Trinajstić information content (AvgIpc) is 3.39. The highest BCUT2D eigenvalue weighted by Crippen LogP contribution is 2.24. The molecule has 2 amide bonds. The monoisotopic (exact) mass is 458 g/mol. The fourth-order valence-electron chi connectivity index (χ4n) is 2.96. The second-order valence-electron chi connectivity index (χ2n) is 8.02. The largest absolute Gasteiger partial charge is 0.508 e. The fraction of sp³-hybridized carbons (Fsp3) is 0.304. The lowest BCUT2D eigenvalue weighted by atomic mass is 10.0. The molecule has 0 aliphatic carbocycles. The summed E-state index contributed by atoms with van der Waals surface area (Å²) in [5.74, 6) is -0.167. The number of ether oxygens (including phenoxy) is 1. The first-order valence-corrected chi connectivity index (χ1v) is 11.6. The van der Waals surface area contributed by atoms with Gasteiger partial charge in [0, 0.05) is 9.75 Å². The van der Waals surface area contributed by atoms with Crippen molar-refractivity contribution in [1.29, 1.82) is 0 Å². The quantitative estimate of drug-likeness (QED) is 0.503. The molecule has 3 rings (SSSR count). The van der Waals surface area contributed by atoms with E-state index in [0.29, 0.717) is 18.7 Å². The van der Waals surface area contributed by atoms with Crippen LogP contribution in [0.1, 0.15) is 42.1 Å². The van der Waals surface area contributed by atoms with Gasteiger partial charge in [-0.25, -0.2) is 4.79 Å². The number of thiophene rings is 2. The molecule has 2 N–H and O–H groups in total. The number of carbonyl (C=O) groups excluding carboxylic acids is 2. The summed E-state index contributed by atoms with van der Waals surface area (Å²) < 4.78 is 5.39. The molecule has 0 aliphatic rings. The molecule has 2 heterocycles. The second kappa shape index (κ2) is 9.98. The number of benzene rings is 1. The van der Waals surface area contributed by atoms with Crippen LogP contribution in [-0.4, -0.2) is 27.6 Å². The highest BCUT2D eigenvalue weighted by molar-refractivity contribution is 7.10. The number of hydrogen-bond acceptors (Lipinski definition) is 6. The Hall–Kier alpha value is -2.84. The smallest absolute Gasteiger partial charge is 0.408 e. The Morgan fingerprint density at radius 1 is 1.00 bits per heavy atom. The Morgan fingerprint density at radius 3 is 2.00 bits per heavy atom. The Bertz CT molecular complexity index is 942. The molecule has 0 fully saturated rings. The third kappa shape index (κ3) is 6.83. The van der Waals surface area contributed by atoms with Crippen molar-refractivity contribution in [3.63, 3.8) is 0 Å². The molecule has 0 saturated heterocycles. The van der Waals surface area contributed by atoms with Crippen LogP contribution < -0.4 is 5.32 Å². The lowest BCUT2D eigenvalue weighted by Gasteiger charge is -2.29. The molecule has 0 spiro atoms. The van der Waals surface area contributed by atoms with E-state index in [4.69, 9.17) is 4.74 Å². The predicted molar refractivity (Wildman–Crippen MR) is 123 cm³/mol. The number of aromatic hydroxyl groups is 1. The number of hydrogen-bond donors (Lipinski definition) is 2. The zero-order chi connectivity index (χ0) is 22.4. The number of nitrogens with zero attached hydrogens (tertiary/aromatic N) is 1. The molecule has 0 radical (unpaired) electrons. The molecule has 8 heteroatoms. The summed E-state index contributed by atoms with van der Waals surface area (Å²) in [6.07, 6.45) is -0.675. The van der Waals surface area contributed by atoms with Crippen molar-refractivity contribution in [2.75, 3.05) is 0 Å². The zero-order valence-electron chi connectivity index (χ0n) is 17.7. The van der Waals surface area contributed by atoms with E-state index in [1.165, 1.54) is 12.1 Å². The van der Waals surface area contributed by atoms with E-state index in [9.17, 15) is 14.7 Å². The van der Waals surface area contributed by atoms with Gasteiger partial charge >= 0.3 is 6.09 Å². The van der Waals surface area contributed by atoms with Crippen LogP contribution in [0.25, 0.3) is 0 Å². The number of rotatable bonds is 7. The van der Waals surface area contributed by atoms with Gasteiger partial charge in [-0.05, 0) is 61.4 Å². The van der Waals surface area contributed by atoms with E-state index < -0.39 is 17.7 Å². The summed E-state index contributed by atoms with van der Waals surface area (Å²) in [6, 6.07) is 13.2. The zero-order valence-corrected chi connectivity index (χ0v) is 19.3. The Balaban J connectivity index is 1.89. The number of carbonyl (C=O) groups is 2. The molecule has 1 atom stereocenters. The summed E-state index contributed by atoms with van der Waals surface area (Å²) in [4.78, 5) is 30.0. The van der Waals surface area contributed by atoms with Crippen LogP contribution in [0, 0.1) is 0 Å². The van der Waals surface area contributed by atoms with E-state index >= 15 is 0 Å². The molecular formula is C23H26N2O4S2. The third-order valence-electron chi connectivity index (χ3n) is 4.30. The van der Waals surface area contributed by atoms with Crippen molar-refractivity contribution in [1.82, 2.24) is 10.2 Å². The molecule has 3 aromatic rings. The van der Waals surface area contributed by atoms with Crippen molar-refractivity contribution in [3.05, 3.63) is 74.6 Å². The van der Waals surface area contributed by atoms with E-state index in [0.717, 1.165) is 9.75 Å². The van der Waals surface area contributed by atoms with Crippen LogP contribution in [0.2, 0.25) is 0 Å². The van der Waals surface area contributed by atoms with Crippen molar-refractivity contribution < 1.29 is 19.4 Å². The summed E-state index contributed by atoms with van der Waals surface area (Å²) in [5, 5.41) is 16.3. The van der Waals surface area contributed by atoms with Gasteiger partial charge in [0.05, 0.1) is 13.1 Å². The molecule has 164 valence electrons. The SMILES string of the molecule is CC(C)(C)OC(=O)NC(C(=O)N(Cc1cccs1)Cc1cccs1)c1ccc(O)cc1. The Labute approximate surface area is 190 Å². The van der Waals surface area contributed by atoms with Gasteiger partial charge in [-0.15, -0.1) is 22.7 Å². The van der Waals surface area contributed by atoms with Gasteiger partial charge in [-0.2, -0.15) is 0 Å². The van der Waals surface area contributed by atoms with Crippen LogP contribution in [0.4, 0.5) is 4.79 Å². The van der Waals surface area contributed by atoms with E-state index in [1.807, 2.05) is 35.0 Å². The van der Waals surface area contributed by atoms with Gasteiger partial charge in [0.2, 0.25) is 0 Å². The number of alkyl carbamates (subject to hydrolysis) is 1. The van der Waals surface area contributed by atoms with E-state index in [1.54, 1.807) is 60.5 Å². The summed E-state index contributed by atoms with van der Waals surface area (Å²) in [7, 11) is 0. The maximum atomic E-state index is 13.7. The maximum absolute atomic E-state index is 13.7. The summed E-state index contributed by atoms with van der Waals surface area (Å²) in [5.41, 5.74) is -0.128. The molecule has 0 bridgehead atoms. The molecule has 6 nitrogen and oxygen atoms in total. The molecule has 1 unspecified atom stereocenters. The summed E-state index contributed by atoms with van der Waals surface area (Å²) in [6.45, 7) is 6.16. The van der Waals surface area contributed by atoms with Crippen LogP contribution >= 0.6 is 22.7 Å². The van der Waals surface area contributed by atoms with E-state index in [2.05, 4.69) is 5.32 Å². The molecule has 0 aliphatic heterocycles. The van der Waals surface area contributed by atoms with Gasteiger partial charge in [-0.1, -0.05) is 24.3 Å². The molecule has 31 heavy (non-hydrogen) atoms. The molecule has 0 saturated carbocycles. The van der Waals surface area contributed by atoms with Crippen LogP contribution in [-0.2, 0) is 22.6 Å². The first-order valence-electron chi connectivity index (χ1n) is 9.83. The van der Waals surface area contributed by atoms with Crippen molar-refractivity contribution in [2.45, 2.75) is 45.5 Å². The highest BCUT2D eigenvalue weighted by atomic mass is 32.1. The van der Waals surface area contributed by atoms with Crippen LogP contribution in [0.15, 0.2) is 59.3 Å². The molecule has 1 aromatic carbocycles. The maximum Gasteiger partial charge on any atom is 0.408 e. The normalized spacial score (nSPS) is 12.2. The minimum atomic E-state index is -0.949. The second-order valence-corrected chi connectivity index (χ2v) is 10.1. The van der Waals surface area contributed by atoms with Gasteiger partial charge in [0.15, 0.2) is 0 Å². The van der Waals surface area contributed by atoms with Crippen molar-refractivity contribution in [2.24, 2.45) is 0 Å². The Kier molecular flexibility index (Phi) is 7.35. The van der Waals surface area contributed by atoms with Gasteiger partial charge in [0.25, 0.3) is 5.91 Å². The van der Waals surface area contributed by atoms with Crippen molar-refractivity contribution in [3.8, 4) is 5.75 Å². The standard InChI is InChI=1S/C23H26N2O4S2/c1-23(2,3)29-22(28)24-20(16-8-10-17(26)11-9-16)21(27)25(14-18-6-4-12-30-18)15-19-7-5-13-31-19/h4-13,20,26H,14-15H2,1-3H3,(H,24,28). The highest BCUT2D eigenvalue weighted by Gasteiger charge is 2.30. The minimum absolute atomic E-state index is 0.0845. The lowest BCUT2D eigenvalue weighted by Crippen LogP contribution is -2.43. The van der Waals surface area contributed by atoms with Gasteiger partial charge < -0.3 is 20.1 Å². The van der Waals surface area contributed by atoms with Gasteiger partial charge in [0.1, 0.15) is 17.4 Å². The first kappa shape index (κ1) is 22.8. The number of nitrogens with one attached hydrogen (secondary N) is 1. The molecule has 2 aromatic heterocycles. The van der Waals surface area contributed by atoms with E-state index in [-0.39, 0.29) is 11.7 Å². The fourth-order valence-corrected chi connectivity index (χ4v) is 4.39. The number of amides is 2. The molecular weight excluding hydrogens is 432 g/mol. The van der Waals surface area contributed by atoms with Crippen LogP contribution in [0.5, 0.6) is 5.75 Å². The predicted octanol–water partition coefficient (Wildman–Crippen LogP) is 5.31. The minimum Gasteiger partial charge on any atom is -0.508 e. The number of phenols is 1. The third-order valence-corrected chi connectivity index (χ3v) is 6.02. The lowest BCUT2D eigenvalue weighted by molar-refractivity contribution is -0.134. The van der Waals surface area contributed by atoms with Crippen molar-refractivity contribution >= 4 is 34.7 Å². The summed E-state index contributed by atoms with van der Waals surface area (Å²) >= 11 is 3.15. The van der Waals surface area contributed by atoms with Crippen LogP contribution in [0.3, 0.4) is 0 Å². The topological polar surface area (TPSA) is 78.9 Å². The number of phenolic OH excluding ortho intramolecular Hbond substituents is 1.